The molecule has 2 N–H and O–H groups in total. The lowest BCUT2D eigenvalue weighted by Crippen LogP contribution is -2.28. The summed E-state index contributed by atoms with van der Waals surface area (Å²) in [7, 11) is 0. The fourth-order valence-corrected chi connectivity index (χ4v) is 4.07. The molecule has 2 heterocycles. The highest BCUT2D eigenvalue weighted by Crippen LogP contribution is 2.33. The predicted molar refractivity (Wildman–Crippen MR) is 131 cm³/mol. The number of hydrogen-bond acceptors (Lipinski definition) is 4. The minimum Gasteiger partial charge on any atom is -0.492 e. The summed E-state index contributed by atoms with van der Waals surface area (Å²) in [4.78, 5) is 40.0. The third-order valence-electron chi connectivity index (χ3n) is 5.83. The first-order valence-electron chi connectivity index (χ1n) is 11.3. The second-order valence-corrected chi connectivity index (χ2v) is 8.27. The molecule has 0 bridgehead atoms. The minimum absolute atomic E-state index is 0.110. The molecule has 3 amide bonds. The molecule has 8 nitrogen and oxygen atoms in total. The van der Waals surface area contributed by atoms with Crippen LogP contribution in [0.2, 0.25) is 0 Å². The third kappa shape index (κ3) is 4.80. The van der Waals surface area contributed by atoms with Crippen LogP contribution in [0.1, 0.15) is 35.1 Å². The molecular weight excluding hydrogens is 432 g/mol. The first kappa shape index (κ1) is 23.1. The molecule has 176 valence electrons. The van der Waals surface area contributed by atoms with E-state index in [2.05, 4.69) is 10.7 Å². The highest BCUT2D eigenvalue weighted by atomic mass is 16.5. The van der Waals surface area contributed by atoms with Gasteiger partial charge in [-0.1, -0.05) is 18.2 Å². The first-order valence-corrected chi connectivity index (χ1v) is 11.3. The molecule has 0 spiro atoms. The zero-order valence-electron chi connectivity index (χ0n) is 19.5. The minimum atomic E-state index is -0.509. The standard InChI is InChI=1S/C26H28N4O4/c1-4-34-23-11-6-5-10-22(23)29-16-20(15-24(29)31)25(32)27-21-9-7-8-19(14-21)26(33)28-30-17(2)12-13-18(30)3/h5-14,20H,4,15-16H2,1-3H3,(H,27,32)(H,28,33)/t20-/m1/s1. The van der Waals surface area contributed by atoms with Gasteiger partial charge in [-0.2, -0.15) is 0 Å². The normalized spacial score (nSPS) is 15.3. The van der Waals surface area contributed by atoms with E-state index in [-0.39, 0.29) is 30.7 Å². The van der Waals surface area contributed by atoms with Crippen molar-refractivity contribution in [1.82, 2.24) is 4.68 Å². The maximum Gasteiger partial charge on any atom is 0.270 e. The maximum atomic E-state index is 12.9. The first-order chi connectivity index (χ1) is 16.4. The van der Waals surface area contributed by atoms with E-state index in [1.807, 2.05) is 57.2 Å². The summed E-state index contributed by atoms with van der Waals surface area (Å²) in [6.07, 6.45) is 0.110. The summed E-state index contributed by atoms with van der Waals surface area (Å²) in [6.45, 7) is 6.44. The number of ether oxygens (including phenoxy) is 1. The topological polar surface area (TPSA) is 92.7 Å². The summed E-state index contributed by atoms with van der Waals surface area (Å²) < 4.78 is 7.36. The van der Waals surface area contributed by atoms with E-state index >= 15 is 0 Å². The van der Waals surface area contributed by atoms with E-state index in [0.717, 1.165) is 11.4 Å². The molecule has 0 aliphatic carbocycles. The van der Waals surface area contributed by atoms with Crippen LogP contribution in [0.25, 0.3) is 0 Å². The average molecular weight is 461 g/mol. The summed E-state index contributed by atoms with van der Waals surface area (Å²) in [5.74, 6) is -0.568. The molecule has 0 radical (unpaired) electrons. The fourth-order valence-electron chi connectivity index (χ4n) is 4.07. The van der Waals surface area contributed by atoms with Gasteiger partial charge in [0, 0.05) is 35.6 Å². The number of carbonyl (C=O) groups excluding carboxylic acids is 3. The van der Waals surface area contributed by atoms with Gasteiger partial charge in [0.15, 0.2) is 0 Å². The van der Waals surface area contributed by atoms with Crippen molar-refractivity contribution in [1.29, 1.82) is 0 Å². The van der Waals surface area contributed by atoms with Gasteiger partial charge >= 0.3 is 0 Å². The van der Waals surface area contributed by atoms with Crippen molar-refractivity contribution in [3.63, 3.8) is 0 Å². The van der Waals surface area contributed by atoms with E-state index in [4.69, 9.17) is 4.74 Å². The van der Waals surface area contributed by atoms with E-state index in [1.165, 1.54) is 0 Å². The van der Waals surface area contributed by atoms with E-state index in [9.17, 15) is 14.4 Å². The van der Waals surface area contributed by atoms with Crippen molar-refractivity contribution in [2.24, 2.45) is 5.92 Å². The Balaban J connectivity index is 1.43. The quantitative estimate of drug-likeness (QED) is 0.560. The maximum absolute atomic E-state index is 12.9. The SMILES string of the molecule is CCOc1ccccc1N1C[C@H](C(=O)Nc2cccc(C(=O)Nn3c(C)ccc3C)c2)CC1=O. The molecular formula is C26H28N4O4. The smallest absolute Gasteiger partial charge is 0.270 e. The van der Waals surface area contributed by atoms with Crippen LogP contribution in [0.5, 0.6) is 5.75 Å². The number of aryl methyl sites for hydroxylation is 2. The Kier molecular flexibility index (Phi) is 6.67. The molecule has 34 heavy (non-hydrogen) atoms. The highest BCUT2D eigenvalue weighted by molar-refractivity contribution is 6.05. The van der Waals surface area contributed by atoms with Crippen LogP contribution >= 0.6 is 0 Å². The molecule has 1 aliphatic rings. The number of nitrogens with zero attached hydrogens (tertiary/aromatic N) is 2. The van der Waals surface area contributed by atoms with Gasteiger partial charge in [0.05, 0.1) is 18.2 Å². The van der Waals surface area contributed by atoms with Crippen LogP contribution in [0.15, 0.2) is 60.7 Å². The summed E-state index contributed by atoms with van der Waals surface area (Å²) in [5.41, 5.74) is 6.27. The van der Waals surface area contributed by atoms with Crippen molar-refractivity contribution in [2.75, 3.05) is 28.8 Å². The van der Waals surface area contributed by atoms with Gasteiger partial charge in [0.25, 0.3) is 5.91 Å². The average Bonchev–Trinajstić information content (AvgIpc) is 3.37. The molecule has 3 aromatic rings. The molecule has 1 aromatic heterocycles. The molecule has 1 atom stereocenters. The van der Waals surface area contributed by atoms with Crippen LogP contribution in [-0.2, 0) is 9.59 Å². The number of para-hydroxylation sites is 2. The third-order valence-corrected chi connectivity index (χ3v) is 5.83. The van der Waals surface area contributed by atoms with Gasteiger partial charge in [0.2, 0.25) is 11.8 Å². The summed E-state index contributed by atoms with van der Waals surface area (Å²) >= 11 is 0. The van der Waals surface area contributed by atoms with Gasteiger partial charge < -0.3 is 15.0 Å². The Bertz CT molecular complexity index is 1210. The van der Waals surface area contributed by atoms with Crippen molar-refractivity contribution in [3.05, 3.63) is 77.6 Å². The van der Waals surface area contributed by atoms with Crippen molar-refractivity contribution in [2.45, 2.75) is 27.2 Å². The van der Waals surface area contributed by atoms with Crippen LogP contribution in [-0.4, -0.2) is 35.5 Å². The summed E-state index contributed by atoms with van der Waals surface area (Å²) in [6, 6.07) is 17.9. The molecule has 0 saturated carbocycles. The Hall–Kier alpha value is -4.07. The van der Waals surface area contributed by atoms with Crippen LogP contribution in [0.4, 0.5) is 11.4 Å². The van der Waals surface area contributed by atoms with Crippen LogP contribution in [0.3, 0.4) is 0 Å². The Labute approximate surface area is 198 Å². The number of carbonyl (C=O) groups is 3. The zero-order chi connectivity index (χ0) is 24.2. The number of rotatable bonds is 7. The lowest BCUT2D eigenvalue weighted by Gasteiger charge is -2.20. The Morgan fingerprint density at radius 2 is 1.76 bits per heavy atom. The number of amides is 3. The van der Waals surface area contributed by atoms with Gasteiger partial charge in [-0.05, 0) is 63.2 Å². The van der Waals surface area contributed by atoms with Gasteiger partial charge in [0.1, 0.15) is 5.75 Å². The molecule has 8 heteroatoms. The molecule has 2 aromatic carbocycles. The predicted octanol–water partition coefficient (Wildman–Crippen LogP) is 3.88. The van der Waals surface area contributed by atoms with Gasteiger partial charge in [-0.15, -0.1) is 0 Å². The van der Waals surface area contributed by atoms with Gasteiger partial charge in [-0.3, -0.25) is 24.5 Å². The number of hydrogen-bond donors (Lipinski definition) is 2. The lowest BCUT2D eigenvalue weighted by atomic mass is 10.1. The molecule has 4 rings (SSSR count). The number of aromatic nitrogens is 1. The number of anilines is 2. The second-order valence-electron chi connectivity index (χ2n) is 8.27. The van der Waals surface area contributed by atoms with Crippen molar-refractivity contribution >= 4 is 29.1 Å². The van der Waals surface area contributed by atoms with Crippen molar-refractivity contribution < 1.29 is 19.1 Å². The van der Waals surface area contributed by atoms with Crippen LogP contribution in [0, 0.1) is 19.8 Å². The van der Waals surface area contributed by atoms with E-state index in [0.29, 0.717) is 29.3 Å². The van der Waals surface area contributed by atoms with Crippen molar-refractivity contribution in [3.8, 4) is 5.75 Å². The lowest BCUT2D eigenvalue weighted by molar-refractivity contribution is -0.122. The largest absolute Gasteiger partial charge is 0.492 e. The second kappa shape index (κ2) is 9.82. The Morgan fingerprint density at radius 1 is 1.03 bits per heavy atom. The number of nitrogens with one attached hydrogen (secondary N) is 2. The Morgan fingerprint density at radius 3 is 2.50 bits per heavy atom. The molecule has 1 saturated heterocycles. The molecule has 1 aliphatic heterocycles. The van der Waals surface area contributed by atoms with Crippen LogP contribution < -0.4 is 20.4 Å². The van der Waals surface area contributed by atoms with E-state index in [1.54, 1.807) is 33.8 Å². The van der Waals surface area contributed by atoms with E-state index < -0.39 is 5.92 Å². The number of benzene rings is 2. The molecule has 1 fully saturated rings. The fraction of sp³-hybridized carbons (Fsp3) is 0.269. The summed E-state index contributed by atoms with van der Waals surface area (Å²) in [5, 5.41) is 2.86. The highest BCUT2D eigenvalue weighted by Gasteiger charge is 2.36. The zero-order valence-corrected chi connectivity index (χ0v) is 19.5. The monoisotopic (exact) mass is 460 g/mol. The molecule has 0 unspecified atom stereocenters. The van der Waals surface area contributed by atoms with Gasteiger partial charge in [-0.25, -0.2) is 0 Å².